The first kappa shape index (κ1) is 21.0. The molecule has 4 rings (SSSR count). The Morgan fingerprint density at radius 2 is 1.90 bits per heavy atom. The average Bonchev–Trinajstić information content (AvgIpc) is 3.54. The zero-order chi connectivity index (χ0) is 21.3. The van der Waals surface area contributed by atoms with Crippen LogP contribution in [0.4, 0.5) is 5.69 Å². The molecular weight excluding hydrogens is 441 g/mol. The van der Waals surface area contributed by atoms with Crippen molar-refractivity contribution in [1.82, 2.24) is 10.3 Å². The predicted octanol–water partition coefficient (Wildman–Crippen LogP) is 5.55. The van der Waals surface area contributed by atoms with Crippen LogP contribution in [-0.4, -0.2) is 28.1 Å². The molecule has 30 heavy (non-hydrogen) atoms. The van der Waals surface area contributed by atoms with Gasteiger partial charge in [0.05, 0.1) is 37.1 Å². The normalized spacial score (nSPS) is 14.4. The van der Waals surface area contributed by atoms with Crippen molar-refractivity contribution >= 4 is 63.4 Å². The van der Waals surface area contributed by atoms with E-state index < -0.39 is 5.25 Å². The van der Waals surface area contributed by atoms with Crippen LogP contribution in [0.15, 0.2) is 53.6 Å². The van der Waals surface area contributed by atoms with Gasteiger partial charge in [0.1, 0.15) is 0 Å². The fourth-order valence-electron chi connectivity index (χ4n) is 2.96. The van der Waals surface area contributed by atoms with Gasteiger partial charge in [0.25, 0.3) is 5.91 Å². The van der Waals surface area contributed by atoms with Crippen molar-refractivity contribution in [3.63, 3.8) is 0 Å². The van der Waals surface area contributed by atoms with Crippen LogP contribution in [0, 0.1) is 0 Å². The molecule has 1 aromatic heterocycles. The number of hydrogen-bond donors (Lipinski definition) is 2. The van der Waals surface area contributed by atoms with Crippen LogP contribution in [0.5, 0.6) is 0 Å². The van der Waals surface area contributed by atoms with E-state index in [2.05, 4.69) is 15.6 Å². The number of rotatable bonds is 6. The Kier molecular flexibility index (Phi) is 6.18. The van der Waals surface area contributed by atoms with Crippen LogP contribution in [0.25, 0.3) is 10.9 Å². The Bertz CT molecular complexity index is 1130. The van der Waals surface area contributed by atoms with Gasteiger partial charge in [-0.1, -0.05) is 59.2 Å². The van der Waals surface area contributed by atoms with Crippen molar-refractivity contribution in [3.05, 3.63) is 64.1 Å². The number of fused-ring (bicyclic) bond motifs is 1. The maximum absolute atomic E-state index is 12.7. The molecule has 8 heteroatoms. The highest BCUT2D eigenvalue weighted by Crippen LogP contribution is 2.32. The first-order chi connectivity index (χ1) is 14.4. The molecule has 0 aliphatic heterocycles. The van der Waals surface area contributed by atoms with Gasteiger partial charge in [-0.25, -0.2) is 4.98 Å². The number of thioether (sulfide) groups is 1. The third-order valence-electron chi connectivity index (χ3n) is 4.73. The molecule has 2 aromatic carbocycles. The van der Waals surface area contributed by atoms with Gasteiger partial charge < -0.3 is 10.6 Å². The lowest BCUT2D eigenvalue weighted by atomic mass is 10.1. The zero-order valence-corrected chi connectivity index (χ0v) is 18.4. The number of hydrogen-bond acceptors (Lipinski definition) is 4. The smallest absolute Gasteiger partial charge is 0.252 e. The highest BCUT2D eigenvalue weighted by atomic mass is 35.5. The Morgan fingerprint density at radius 1 is 1.13 bits per heavy atom. The Hall–Kier alpha value is -2.28. The highest BCUT2D eigenvalue weighted by Gasteiger charge is 2.25. The molecule has 1 heterocycles. The monoisotopic (exact) mass is 459 g/mol. The van der Waals surface area contributed by atoms with Crippen LogP contribution < -0.4 is 10.6 Å². The number of anilines is 1. The average molecular weight is 460 g/mol. The van der Waals surface area contributed by atoms with Gasteiger partial charge in [-0.2, -0.15) is 0 Å². The quantitative estimate of drug-likeness (QED) is 0.473. The van der Waals surface area contributed by atoms with Gasteiger partial charge in [0.15, 0.2) is 0 Å². The maximum atomic E-state index is 12.7. The number of carbonyl (C=O) groups excluding carboxylic acids is 2. The number of aromatic nitrogens is 1. The Morgan fingerprint density at radius 3 is 2.67 bits per heavy atom. The summed E-state index contributed by atoms with van der Waals surface area (Å²) in [6.07, 6.45) is 2.03. The third kappa shape index (κ3) is 4.72. The third-order valence-corrected chi connectivity index (χ3v) is 6.56. The van der Waals surface area contributed by atoms with E-state index in [0.717, 1.165) is 18.2 Å². The van der Waals surface area contributed by atoms with E-state index in [1.807, 2.05) is 24.3 Å². The van der Waals surface area contributed by atoms with E-state index in [0.29, 0.717) is 31.8 Å². The fraction of sp³-hybridized carbons (Fsp3) is 0.227. The number of halogens is 2. The molecule has 2 N–H and O–H groups in total. The van der Waals surface area contributed by atoms with Gasteiger partial charge in [-0.05, 0) is 44.0 Å². The second-order valence-corrected chi connectivity index (χ2v) is 9.27. The molecule has 1 aliphatic carbocycles. The molecule has 5 nitrogen and oxygen atoms in total. The second kappa shape index (κ2) is 8.84. The summed E-state index contributed by atoms with van der Waals surface area (Å²) in [6.45, 7) is 1.78. The minimum Gasteiger partial charge on any atom is -0.349 e. The Balaban J connectivity index is 1.55. The molecule has 1 unspecified atom stereocenters. The van der Waals surface area contributed by atoms with Crippen LogP contribution >= 0.6 is 35.0 Å². The molecule has 1 atom stereocenters. The van der Waals surface area contributed by atoms with Gasteiger partial charge in [-0.15, -0.1) is 0 Å². The summed E-state index contributed by atoms with van der Waals surface area (Å²) in [7, 11) is 0. The standard InChI is InChI=1S/C22H19Cl2N3O2S/c1-12(21(28)27-18-8-4-6-16(23)20(18)24)30-19-11-15(22(29)25-13-9-10-13)14-5-2-3-7-17(14)26-19/h2-8,11-13H,9-10H2,1H3,(H,25,29)(H,27,28). The zero-order valence-electron chi connectivity index (χ0n) is 16.1. The largest absolute Gasteiger partial charge is 0.349 e. The van der Waals surface area contributed by atoms with Crippen molar-refractivity contribution in [2.45, 2.75) is 36.1 Å². The number of nitrogens with zero attached hydrogens (tertiary/aromatic N) is 1. The summed E-state index contributed by atoms with van der Waals surface area (Å²) in [5, 5.41) is 7.43. The van der Waals surface area contributed by atoms with E-state index in [4.69, 9.17) is 23.2 Å². The van der Waals surface area contributed by atoms with Crippen molar-refractivity contribution in [3.8, 4) is 0 Å². The van der Waals surface area contributed by atoms with Crippen molar-refractivity contribution in [1.29, 1.82) is 0 Å². The Labute approximate surface area is 188 Å². The van der Waals surface area contributed by atoms with E-state index in [1.165, 1.54) is 11.8 Å². The summed E-state index contributed by atoms with van der Waals surface area (Å²) in [5.41, 5.74) is 1.74. The highest BCUT2D eigenvalue weighted by molar-refractivity contribution is 8.00. The summed E-state index contributed by atoms with van der Waals surface area (Å²) in [5.74, 6) is -0.344. The van der Waals surface area contributed by atoms with Crippen molar-refractivity contribution in [2.75, 3.05) is 5.32 Å². The molecule has 0 radical (unpaired) electrons. The summed E-state index contributed by atoms with van der Waals surface area (Å²) >= 11 is 13.5. The lowest BCUT2D eigenvalue weighted by Gasteiger charge is -2.14. The minimum atomic E-state index is -0.465. The van der Waals surface area contributed by atoms with E-state index in [1.54, 1.807) is 31.2 Å². The number of benzene rings is 2. The molecule has 1 aliphatic rings. The van der Waals surface area contributed by atoms with Gasteiger partial charge in [-0.3, -0.25) is 9.59 Å². The summed E-state index contributed by atoms with van der Waals surface area (Å²) in [6, 6.07) is 14.6. The van der Waals surface area contributed by atoms with E-state index >= 15 is 0 Å². The summed E-state index contributed by atoms with van der Waals surface area (Å²) < 4.78 is 0. The SMILES string of the molecule is CC(Sc1cc(C(=O)NC2CC2)c2ccccc2n1)C(=O)Nc1cccc(Cl)c1Cl. The predicted molar refractivity (Wildman–Crippen MR) is 123 cm³/mol. The molecule has 1 saturated carbocycles. The lowest BCUT2D eigenvalue weighted by molar-refractivity contribution is -0.115. The number of amides is 2. The molecule has 3 aromatic rings. The molecule has 0 spiro atoms. The number of nitrogens with one attached hydrogen (secondary N) is 2. The molecule has 0 saturated heterocycles. The van der Waals surface area contributed by atoms with Crippen LogP contribution in [0.2, 0.25) is 10.0 Å². The first-order valence-electron chi connectivity index (χ1n) is 9.54. The lowest BCUT2D eigenvalue weighted by Crippen LogP contribution is -2.26. The van der Waals surface area contributed by atoms with Gasteiger partial charge >= 0.3 is 0 Å². The van der Waals surface area contributed by atoms with Crippen LogP contribution in [0.1, 0.15) is 30.1 Å². The number of carbonyl (C=O) groups is 2. The second-order valence-electron chi connectivity index (χ2n) is 7.12. The molecule has 2 amide bonds. The van der Waals surface area contributed by atoms with Gasteiger partial charge in [0.2, 0.25) is 5.91 Å². The molecular formula is C22H19Cl2N3O2S. The minimum absolute atomic E-state index is 0.110. The van der Waals surface area contributed by atoms with Crippen molar-refractivity contribution < 1.29 is 9.59 Å². The topological polar surface area (TPSA) is 71.1 Å². The van der Waals surface area contributed by atoms with E-state index in [-0.39, 0.29) is 17.9 Å². The molecule has 154 valence electrons. The fourth-order valence-corrected chi connectivity index (χ4v) is 4.17. The first-order valence-corrected chi connectivity index (χ1v) is 11.2. The number of para-hydroxylation sites is 1. The number of pyridine rings is 1. The molecule has 0 bridgehead atoms. The summed E-state index contributed by atoms with van der Waals surface area (Å²) in [4.78, 5) is 30.0. The maximum Gasteiger partial charge on any atom is 0.252 e. The van der Waals surface area contributed by atoms with Gasteiger partial charge in [0, 0.05) is 11.4 Å². The van der Waals surface area contributed by atoms with Crippen LogP contribution in [0.3, 0.4) is 0 Å². The van der Waals surface area contributed by atoms with E-state index in [9.17, 15) is 9.59 Å². The molecule has 1 fully saturated rings. The van der Waals surface area contributed by atoms with Crippen molar-refractivity contribution in [2.24, 2.45) is 0 Å². The van der Waals surface area contributed by atoms with Crippen LogP contribution in [-0.2, 0) is 4.79 Å².